The second-order valence-corrected chi connectivity index (χ2v) is 6.12. The summed E-state index contributed by atoms with van der Waals surface area (Å²) < 4.78 is 8.75. The number of carbonyl (C=O) groups excluding carboxylic acids is 1. The van der Waals surface area contributed by atoms with Gasteiger partial charge in [-0.05, 0) is 66.7 Å². The Kier molecular flexibility index (Phi) is 5.62. The molecule has 0 aliphatic carbocycles. The highest BCUT2D eigenvalue weighted by Crippen LogP contribution is 2.16. The molecule has 0 saturated heterocycles. The second-order valence-electron chi connectivity index (χ2n) is 6.12. The Balaban J connectivity index is 2.38. The van der Waals surface area contributed by atoms with E-state index in [1.165, 1.54) is 0 Å². The molecule has 2 aromatic rings. The monoisotopic (exact) mass is 342 g/mol. The molecule has 2 aromatic heterocycles. The molecule has 0 aliphatic heterocycles. The molecule has 6 nitrogen and oxygen atoms in total. The van der Waals surface area contributed by atoms with E-state index in [4.69, 9.17) is 4.74 Å². The molecule has 2 heterocycles. The summed E-state index contributed by atoms with van der Waals surface area (Å²) in [5.74, 6) is -0.321. The summed E-state index contributed by atoms with van der Waals surface area (Å²) in [6.45, 7) is 13.8. The minimum atomic E-state index is -0.321. The third-order valence-corrected chi connectivity index (χ3v) is 4.15. The maximum absolute atomic E-state index is 12.0. The van der Waals surface area contributed by atoms with Gasteiger partial charge in [-0.3, -0.25) is 0 Å². The first-order valence-electron chi connectivity index (χ1n) is 8.38. The summed E-state index contributed by atoms with van der Waals surface area (Å²) in [6, 6.07) is 5.87. The Morgan fingerprint density at radius 2 is 1.48 bits per heavy atom. The van der Waals surface area contributed by atoms with E-state index < -0.39 is 0 Å². The van der Waals surface area contributed by atoms with Crippen LogP contribution in [-0.2, 0) is 4.74 Å². The van der Waals surface area contributed by atoms with Crippen LogP contribution in [0.1, 0.15) is 53.9 Å². The molecule has 0 unspecified atom stereocenters. The molecule has 134 valence electrons. The number of rotatable bonds is 5. The fraction of sp³-hybridized carbons (Fsp3) is 0.421. The Morgan fingerprint density at radius 1 is 0.960 bits per heavy atom. The molecule has 0 atom stereocenters. The van der Waals surface area contributed by atoms with E-state index >= 15 is 0 Å². The number of aryl methyl sites for hydroxylation is 3. The topological polar surface area (TPSA) is 60.9 Å². The van der Waals surface area contributed by atoms with Crippen molar-refractivity contribution in [3.05, 3.63) is 46.5 Å². The summed E-state index contributed by atoms with van der Waals surface area (Å²) in [6.07, 6.45) is 0. The number of nitrogens with zero attached hydrogens (tertiary/aromatic N) is 4. The van der Waals surface area contributed by atoms with Crippen LogP contribution < -0.4 is 0 Å². The van der Waals surface area contributed by atoms with Crippen molar-refractivity contribution in [3.8, 4) is 0 Å². The van der Waals surface area contributed by atoms with Gasteiger partial charge < -0.3 is 4.74 Å². The minimum absolute atomic E-state index is 0.321. The van der Waals surface area contributed by atoms with Crippen LogP contribution in [0, 0.1) is 27.7 Å². The molecular weight excluding hydrogens is 316 g/mol. The normalized spacial score (nSPS) is 12.6. The molecule has 6 heteroatoms. The maximum atomic E-state index is 12.0. The van der Waals surface area contributed by atoms with Crippen LogP contribution in [0.4, 0.5) is 0 Å². The van der Waals surface area contributed by atoms with Crippen LogP contribution in [-0.4, -0.2) is 33.4 Å². The SMILES string of the molecule is CCOC(=O)c1cc(C)n(/N=C(C)\C(C)=N/n2c(C)ccc2C)c1C. The average Bonchev–Trinajstić information content (AvgIpc) is 3.02. The zero-order valence-electron chi connectivity index (χ0n) is 16.0. The standard InChI is InChI=1S/C19H26N4O2/c1-8-25-19(24)18-11-14(4)23(17(18)7)21-16(6)15(5)20-22-12(2)9-10-13(22)3/h9-11H,8H2,1-7H3/b20-15-,21-16-. The van der Waals surface area contributed by atoms with Gasteiger partial charge in [0.1, 0.15) is 0 Å². The Labute approximate surface area is 148 Å². The van der Waals surface area contributed by atoms with Crippen molar-refractivity contribution in [2.45, 2.75) is 48.5 Å². The van der Waals surface area contributed by atoms with Crippen molar-refractivity contribution >= 4 is 17.4 Å². The maximum Gasteiger partial charge on any atom is 0.340 e. The highest BCUT2D eigenvalue weighted by atomic mass is 16.5. The van der Waals surface area contributed by atoms with Crippen LogP contribution in [0.15, 0.2) is 28.4 Å². The molecule has 0 aromatic carbocycles. The van der Waals surface area contributed by atoms with Crippen molar-refractivity contribution in [2.24, 2.45) is 10.2 Å². The minimum Gasteiger partial charge on any atom is -0.462 e. The lowest BCUT2D eigenvalue weighted by Gasteiger charge is -2.08. The highest BCUT2D eigenvalue weighted by molar-refractivity contribution is 6.40. The van der Waals surface area contributed by atoms with Crippen molar-refractivity contribution in [2.75, 3.05) is 6.61 Å². The molecule has 0 amide bonds. The predicted molar refractivity (Wildman–Crippen MR) is 101 cm³/mol. The van der Waals surface area contributed by atoms with Gasteiger partial charge in [0.05, 0.1) is 29.3 Å². The molecule has 2 rings (SSSR count). The van der Waals surface area contributed by atoms with E-state index in [0.717, 1.165) is 34.2 Å². The first-order chi connectivity index (χ1) is 11.8. The fourth-order valence-electron chi connectivity index (χ4n) is 2.59. The van der Waals surface area contributed by atoms with Crippen molar-refractivity contribution in [1.29, 1.82) is 0 Å². The van der Waals surface area contributed by atoms with E-state index in [9.17, 15) is 4.79 Å². The van der Waals surface area contributed by atoms with Gasteiger partial charge in [0.2, 0.25) is 0 Å². The fourth-order valence-corrected chi connectivity index (χ4v) is 2.59. The predicted octanol–water partition coefficient (Wildman–Crippen LogP) is 3.85. The summed E-state index contributed by atoms with van der Waals surface area (Å²) in [4.78, 5) is 12.0. The number of aromatic nitrogens is 2. The van der Waals surface area contributed by atoms with Crippen LogP contribution >= 0.6 is 0 Å². The average molecular weight is 342 g/mol. The number of hydrogen-bond acceptors (Lipinski definition) is 4. The van der Waals surface area contributed by atoms with Gasteiger partial charge >= 0.3 is 5.97 Å². The molecule has 0 fully saturated rings. The van der Waals surface area contributed by atoms with Crippen LogP contribution in [0.5, 0.6) is 0 Å². The molecule has 0 N–H and O–H groups in total. The van der Waals surface area contributed by atoms with E-state index in [2.05, 4.69) is 10.2 Å². The van der Waals surface area contributed by atoms with Gasteiger partial charge in [0.25, 0.3) is 0 Å². The molecule has 0 spiro atoms. The molecule has 0 bridgehead atoms. The third-order valence-electron chi connectivity index (χ3n) is 4.15. The smallest absolute Gasteiger partial charge is 0.340 e. The Bertz CT molecular complexity index is 834. The molecule has 0 saturated carbocycles. The van der Waals surface area contributed by atoms with E-state index in [1.807, 2.05) is 58.4 Å². The number of esters is 1. The Morgan fingerprint density at radius 3 is 2.00 bits per heavy atom. The van der Waals surface area contributed by atoms with Gasteiger partial charge in [-0.1, -0.05) is 0 Å². The van der Waals surface area contributed by atoms with E-state index in [0.29, 0.717) is 12.2 Å². The van der Waals surface area contributed by atoms with Gasteiger partial charge in [-0.15, -0.1) is 0 Å². The lowest BCUT2D eigenvalue weighted by Crippen LogP contribution is -2.12. The van der Waals surface area contributed by atoms with Gasteiger partial charge in [-0.2, -0.15) is 10.2 Å². The van der Waals surface area contributed by atoms with Crippen molar-refractivity contribution in [1.82, 2.24) is 9.35 Å². The van der Waals surface area contributed by atoms with Gasteiger partial charge in [0, 0.05) is 17.1 Å². The van der Waals surface area contributed by atoms with Crippen molar-refractivity contribution in [3.63, 3.8) is 0 Å². The molecular formula is C19H26N4O2. The second kappa shape index (κ2) is 7.51. The van der Waals surface area contributed by atoms with Crippen LogP contribution in [0.25, 0.3) is 0 Å². The summed E-state index contributed by atoms with van der Waals surface area (Å²) in [5.41, 5.74) is 5.92. The zero-order valence-corrected chi connectivity index (χ0v) is 16.0. The largest absolute Gasteiger partial charge is 0.462 e. The molecule has 0 aliphatic rings. The molecule has 25 heavy (non-hydrogen) atoms. The third kappa shape index (κ3) is 3.90. The van der Waals surface area contributed by atoms with E-state index in [1.54, 1.807) is 17.7 Å². The number of ether oxygens (including phenoxy) is 1. The zero-order chi connectivity index (χ0) is 18.7. The summed E-state index contributed by atoms with van der Waals surface area (Å²) in [5, 5.41) is 9.28. The van der Waals surface area contributed by atoms with Crippen LogP contribution in [0.2, 0.25) is 0 Å². The Hall–Kier alpha value is -2.63. The summed E-state index contributed by atoms with van der Waals surface area (Å²) in [7, 11) is 0. The highest BCUT2D eigenvalue weighted by Gasteiger charge is 2.16. The quantitative estimate of drug-likeness (QED) is 0.612. The van der Waals surface area contributed by atoms with Gasteiger partial charge in [-0.25, -0.2) is 14.1 Å². The van der Waals surface area contributed by atoms with Crippen LogP contribution in [0.3, 0.4) is 0 Å². The van der Waals surface area contributed by atoms with E-state index in [-0.39, 0.29) is 5.97 Å². The molecule has 0 radical (unpaired) electrons. The first kappa shape index (κ1) is 18.7. The van der Waals surface area contributed by atoms with Crippen molar-refractivity contribution < 1.29 is 9.53 Å². The first-order valence-corrected chi connectivity index (χ1v) is 8.38. The number of hydrogen-bond donors (Lipinski definition) is 0. The lowest BCUT2D eigenvalue weighted by molar-refractivity contribution is 0.0525. The van der Waals surface area contributed by atoms with Gasteiger partial charge in [0.15, 0.2) is 0 Å². The lowest BCUT2D eigenvalue weighted by atomic mass is 10.2. The number of carbonyl (C=O) groups is 1. The summed E-state index contributed by atoms with van der Waals surface area (Å²) >= 11 is 0.